The van der Waals surface area contributed by atoms with Gasteiger partial charge in [0.05, 0.1) is 11.5 Å². The van der Waals surface area contributed by atoms with Crippen LogP contribution < -0.4 is 5.73 Å². The van der Waals surface area contributed by atoms with Crippen LogP contribution in [0.25, 0.3) is 0 Å². The Morgan fingerprint density at radius 3 is 2.00 bits per heavy atom. The normalized spacial score (nSPS) is 30.5. The molecule has 13 heavy (non-hydrogen) atoms. The monoisotopic (exact) mass is 225 g/mol. The van der Waals surface area contributed by atoms with Crippen molar-refractivity contribution in [1.29, 1.82) is 0 Å². The average Bonchev–Trinajstić information content (AvgIpc) is 1.91. The van der Waals surface area contributed by atoms with Gasteiger partial charge < -0.3 is 5.73 Å². The van der Waals surface area contributed by atoms with Crippen LogP contribution in [-0.2, 0) is 9.84 Å². The van der Waals surface area contributed by atoms with E-state index in [1.54, 1.807) is 0 Å². The zero-order chi connectivity index (χ0) is 8.82. The maximum absolute atomic E-state index is 11.0. The van der Waals surface area contributed by atoms with Gasteiger partial charge in [-0.2, -0.15) is 0 Å². The van der Waals surface area contributed by atoms with Crippen molar-refractivity contribution in [2.75, 3.05) is 11.5 Å². The van der Waals surface area contributed by atoms with Gasteiger partial charge in [-0.05, 0) is 31.1 Å². The molecule has 2 N–H and O–H groups in total. The Balaban J connectivity index is 0.000000845. The molecule has 1 aliphatic carbocycles. The van der Waals surface area contributed by atoms with Crippen LogP contribution >= 0.6 is 12.4 Å². The number of hydrogen-bond acceptors (Lipinski definition) is 3. The van der Waals surface area contributed by atoms with Gasteiger partial charge in [0.25, 0.3) is 0 Å². The van der Waals surface area contributed by atoms with Crippen LogP contribution in [0.15, 0.2) is 0 Å². The topological polar surface area (TPSA) is 60.2 Å². The Labute approximate surface area is 85.4 Å². The van der Waals surface area contributed by atoms with Gasteiger partial charge in [-0.1, -0.05) is 0 Å². The second-order valence-corrected chi connectivity index (χ2v) is 6.43. The van der Waals surface area contributed by atoms with E-state index >= 15 is 0 Å². The summed E-state index contributed by atoms with van der Waals surface area (Å²) < 4.78 is 22.0. The molecule has 0 bridgehead atoms. The molecule has 2 aliphatic rings. The van der Waals surface area contributed by atoms with Crippen LogP contribution in [0.2, 0.25) is 0 Å². The van der Waals surface area contributed by atoms with Crippen molar-refractivity contribution >= 4 is 22.2 Å². The van der Waals surface area contributed by atoms with Gasteiger partial charge in [0.1, 0.15) is 0 Å². The maximum atomic E-state index is 11.0. The van der Waals surface area contributed by atoms with Crippen LogP contribution in [-0.4, -0.2) is 26.0 Å². The molecular weight excluding hydrogens is 210 g/mol. The largest absolute Gasteiger partial charge is 0.328 e. The molecule has 0 radical (unpaired) electrons. The summed E-state index contributed by atoms with van der Waals surface area (Å²) in [4.78, 5) is 0. The highest BCUT2D eigenvalue weighted by molar-refractivity contribution is 7.92. The lowest BCUT2D eigenvalue weighted by atomic mass is 9.75. The van der Waals surface area contributed by atoms with Crippen molar-refractivity contribution in [2.45, 2.75) is 31.7 Å². The molecule has 1 saturated carbocycles. The van der Waals surface area contributed by atoms with Gasteiger partial charge in [-0.15, -0.1) is 12.4 Å². The van der Waals surface area contributed by atoms with Gasteiger partial charge in [-0.25, -0.2) is 8.42 Å². The first-order valence-corrected chi connectivity index (χ1v) is 6.30. The average molecular weight is 226 g/mol. The summed E-state index contributed by atoms with van der Waals surface area (Å²) in [6.45, 7) is 0. The highest BCUT2D eigenvalue weighted by atomic mass is 35.5. The second kappa shape index (κ2) is 3.41. The first-order valence-electron chi connectivity index (χ1n) is 4.47. The van der Waals surface area contributed by atoms with Crippen LogP contribution in [0, 0.1) is 5.41 Å². The predicted octanol–water partition coefficient (Wildman–Crippen LogP) is 0.724. The molecule has 0 amide bonds. The summed E-state index contributed by atoms with van der Waals surface area (Å²) in [5.74, 6) is 0.847. The van der Waals surface area contributed by atoms with Crippen LogP contribution in [0.3, 0.4) is 0 Å². The van der Waals surface area contributed by atoms with Crippen molar-refractivity contribution < 1.29 is 8.42 Å². The van der Waals surface area contributed by atoms with Crippen molar-refractivity contribution in [3.05, 3.63) is 0 Å². The highest BCUT2D eigenvalue weighted by Gasteiger charge is 2.49. The fraction of sp³-hybridized carbons (Fsp3) is 1.00. The number of hydrogen-bond donors (Lipinski definition) is 1. The van der Waals surface area contributed by atoms with E-state index < -0.39 is 9.84 Å². The Morgan fingerprint density at radius 1 is 1.15 bits per heavy atom. The lowest BCUT2D eigenvalue weighted by Crippen LogP contribution is -2.51. The Bertz CT molecular complexity index is 267. The summed E-state index contributed by atoms with van der Waals surface area (Å²) in [5.41, 5.74) is 5.90. The third-order valence-corrected chi connectivity index (χ3v) is 5.25. The van der Waals surface area contributed by atoms with Crippen molar-refractivity contribution in [2.24, 2.45) is 11.1 Å². The Morgan fingerprint density at radius 2 is 1.62 bits per heavy atom. The van der Waals surface area contributed by atoms with E-state index in [0.717, 1.165) is 25.7 Å². The molecule has 1 saturated heterocycles. The fourth-order valence-corrected chi connectivity index (χ4v) is 4.79. The minimum absolute atomic E-state index is 0. The Hall–Kier alpha value is 0.200. The second-order valence-electron chi connectivity index (χ2n) is 4.37. The molecule has 1 aliphatic heterocycles. The minimum atomic E-state index is -2.65. The fourth-order valence-electron chi connectivity index (χ4n) is 2.43. The van der Waals surface area contributed by atoms with Crippen LogP contribution in [0.1, 0.15) is 25.7 Å². The van der Waals surface area contributed by atoms with Gasteiger partial charge in [0.2, 0.25) is 0 Å². The number of halogens is 1. The Kier molecular flexibility index (Phi) is 2.95. The summed E-state index contributed by atoms with van der Waals surface area (Å²) in [5, 5.41) is 0. The summed E-state index contributed by atoms with van der Waals surface area (Å²) in [6, 6.07) is 0.318. The number of sulfone groups is 1. The summed E-state index contributed by atoms with van der Waals surface area (Å²) >= 11 is 0. The van der Waals surface area contributed by atoms with E-state index in [0.29, 0.717) is 17.5 Å². The molecule has 5 heteroatoms. The lowest BCUT2D eigenvalue weighted by molar-refractivity contribution is 0.210. The van der Waals surface area contributed by atoms with Crippen LogP contribution in [0.4, 0.5) is 0 Å². The van der Waals surface area contributed by atoms with Gasteiger partial charge in [0, 0.05) is 6.04 Å². The minimum Gasteiger partial charge on any atom is -0.328 e. The van der Waals surface area contributed by atoms with Crippen molar-refractivity contribution in [1.82, 2.24) is 0 Å². The smallest absolute Gasteiger partial charge is 0.151 e. The van der Waals surface area contributed by atoms with E-state index in [2.05, 4.69) is 0 Å². The molecule has 1 heterocycles. The molecule has 0 aromatic rings. The molecule has 2 fully saturated rings. The summed E-state index contributed by atoms with van der Waals surface area (Å²) in [7, 11) is -2.65. The molecule has 2 rings (SSSR count). The molecule has 1 spiro atoms. The van der Waals surface area contributed by atoms with Crippen molar-refractivity contribution in [3.63, 3.8) is 0 Å². The zero-order valence-electron chi connectivity index (χ0n) is 7.53. The molecule has 0 aromatic carbocycles. The van der Waals surface area contributed by atoms with E-state index in [-0.39, 0.29) is 17.8 Å². The maximum Gasteiger partial charge on any atom is 0.151 e. The molecule has 0 aromatic heterocycles. The first-order chi connectivity index (χ1) is 5.52. The van der Waals surface area contributed by atoms with Crippen LogP contribution in [0.5, 0.6) is 0 Å². The van der Waals surface area contributed by atoms with Gasteiger partial charge in [0.15, 0.2) is 9.84 Å². The summed E-state index contributed by atoms with van der Waals surface area (Å²) in [6.07, 6.45) is 4.06. The van der Waals surface area contributed by atoms with Gasteiger partial charge in [-0.3, -0.25) is 0 Å². The number of nitrogens with two attached hydrogens (primary N) is 1. The molecular formula is C8H16ClNO2S. The highest BCUT2D eigenvalue weighted by Crippen LogP contribution is 2.44. The SMILES string of the molecule is Cl.NC1CCC2(CC1)CS(=O)(=O)C2. The molecule has 3 nitrogen and oxygen atoms in total. The lowest BCUT2D eigenvalue weighted by Gasteiger charge is -2.45. The molecule has 0 unspecified atom stereocenters. The molecule has 0 atom stereocenters. The standard InChI is InChI=1S/C8H15NO2S.ClH/c9-7-1-3-8(4-2-7)5-12(10,11)6-8;/h7H,1-6,9H2;1H. The van der Waals surface area contributed by atoms with E-state index in [1.165, 1.54) is 0 Å². The predicted molar refractivity (Wildman–Crippen MR) is 54.8 cm³/mol. The van der Waals surface area contributed by atoms with Gasteiger partial charge >= 0.3 is 0 Å². The third-order valence-electron chi connectivity index (χ3n) is 3.14. The van der Waals surface area contributed by atoms with E-state index in [1.807, 2.05) is 0 Å². The van der Waals surface area contributed by atoms with Crippen molar-refractivity contribution in [3.8, 4) is 0 Å². The first kappa shape index (κ1) is 11.3. The van der Waals surface area contributed by atoms with E-state index in [9.17, 15) is 8.42 Å². The van der Waals surface area contributed by atoms with E-state index in [4.69, 9.17) is 5.73 Å². The molecule has 78 valence electrons. The quantitative estimate of drug-likeness (QED) is 0.661. The zero-order valence-corrected chi connectivity index (χ0v) is 9.16. The number of rotatable bonds is 0. The third kappa shape index (κ3) is 2.17.